The Labute approximate surface area is 193 Å². The third-order valence-corrected chi connectivity index (χ3v) is 4.87. The molecule has 0 saturated carbocycles. The van der Waals surface area contributed by atoms with Gasteiger partial charge < -0.3 is 9.47 Å². The molecule has 1 N–H and O–H groups in total. The number of methoxy groups -OCH3 is 1. The predicted octanol–water partition coefficient (Wildman–Crippen LogP) is 5.73. The van der Waals surface area contributed by atoms with Crippen molar-refractivity contribution in [2.75, 3.05) is 13.7 Å². The van der Waals surface area contributed by atoms with Gasteiger partial charge in [0, 0.05) is 5.39 Å². The Morgan fingerprint density at radius 3 is 2.58 bits per heavy atom. The van der Waals surface area contributed by atoms with Crippen molar-refractivity contribution < 1.29 is 9.47 Å². The lowest BCUT2D eigenvalue weighted by Gasteiger charge is -2.10. The van der Waals surface area contributed by atoms with E-state index in [2.05, 4.69) is 17.5 Å². The zero-order chi connectivity index (χ0) is 22.9. The minimum atomic E-state index is 0.554. The smallest absolute Gasteiger partial charge is 0.173 e. The molecule has 0 spiro atoms. The second kappa shape index (κ2) is 10.9. The normalized spacial score (nSPS) is 11.6. The summed E-state index contributed by atoms with van der Waals surface area (Å²) >= 11 is 0. The first-order chi connectivity index (χ1) is 16.3. The molecule has 0 aliphatic rings. The van der Waals surface area contributed by atoms with Gasteiger partial charge in [-0.25, -0.2) is 9.98 Å². The van der Waals surface area contributed by atoms with Crippen LogP contribution in [-0.2, 0) is 0 Å². The fourth-order valence-corrected chi connectivity index (χ4v) is 3.23. The molecule has 0 unspecified atom stereocenters. The minimum absolute atomic E-state index is 0.554. The molecule has 1 heterocycles. The van der Waals surface area contributed by atoms with Gasteiger partial charge in [-0.15, -0.1) is 0 Å². The van der Waals surface area contributed by atoms with Crippen molar-refractivity contribution in [3.05, 3.63) is 96.2 Å². The second-order valence-electron chi connectivity index (χ2n) is 7.31. The lowest BCUT2D eigenvalue weighted by atomic mass is 10.2. The fraction of sp³-hybridized carbons (Fsp3) is 0.148. The zero-order valence-corrected chi connectivity index (χ0v) is 18.7. The molecular formula is C27H26N4O2. The monoisotopic (exact) mass is 438 g/mol. The number of amidine groups is 1. The van der Waals surface area contributed by atoms with E-state index in [9.17, 15) is 0 Å². The highest BCUT2D eigenvalue weighted by molar-refractivity contribution is 6.00. The van der Waals surface area contributed by atoms with E-state index in [0.29, 0.717) is 23.9 Å². The van der Waals surface area contributed by atoms with Crippen LogP contribution in [0.4, 0.5) is 5.69 Å². The fourth-order valence-electron chi connectivity index (χ4n) is 3.23. The van der Waals surface area contributed by atoms with Gasteiger partial charge in [-0.05, 0) is 54.4 Å². The summed E-state index contributed by atoms with van der Waals surface area (Å²) in [6, 6.07) is 27.4. The Balaban J connectivity index is 1.60. The Bertz CT molecular complexity index is 1270. The highest BCUT2D eigenvalue weighted by atomic mass is 16.5. The molecule has 4 rings (SSSR count). The molecule has 33 heavy (non-hydrogen) atoms. The van der Waals surface area contributed by atoms with Gasteiger partial charge in [0.25, 0.3) is 0 Å². The first-order valence-electron chi connectivity index (χ1n) is 10.9. The number of fused-ring (bicyclic) bond motifs is 1. The Morgan fingerprint density at radius 2 is 1.76 bits per heavy atom. The average Bonchev–Trinajstić information content (AvgIpc) is 2.87. The van der Waals surface area contributed by atoms with Gasteiger partial charge in [-0.2, -0.15) is 5.10 Å². The average molecular weight is 439 g/mol. The van der Waals surface area contributed by atoms with E-state index in [1.165, 1.54) is 0 Å². The summed E-state index contributed by atoms with van der Waals surface area (Å²) < 4.78 is 11.2. The van der Waals surface area contributed by atoms with Crippen molar-refractivity contribution in [3.8, 4) is 11.5 Å². The lowest BCUT2D eigenvalue weighted by molar-refractivity contribution is 0.294. The molecule has 4 aromatic rings. The number of benzene rings is 3. The standard InChI is InChI=1S/C27H26N4O2/c1-3-17-33-25-16-13-20(18-26(25)32-2)19-28-31-27(29-22-10-5-4-6-11-22)24-15-14-21-9-7-8-12-23(21)30-24/h4-16,18-19H,3,17H2,1-2H3,(H,29,31)/b28-19+. The van der Waals surface area contributed by atoms with Crippen LogP contribution in [0, 0.1) is 0 Å². The maximum Gasteiger partial charge on any atom is 0.173 e. The van der Waals surface area contributed by atoms with Crippen molar-refractivity contribution in [1.82, 2.24) is 10.4 Å². The summed E-state index contributed by atoms with van der Waals surface area (Å²) in [5, 5.41) is 5.49. The molecule has 0 atom stereocenters. The molecule has 0 aliphatic heterocycles. The Morgan fingerprint density at radius 1 is 0.939 bits per heavy atom. The Kier molecular flexibility index (Phi) is 7.28. The van der Waals surface area contributed by atoms with Gasteiger partial charge in [0.2, 0.25) is 0 Å². The van der Waals surface area contributed by atoms with Crippen LogP contribution < -0.4 is 14.9 Å². The number of hydrogen-bond acceptors (Lipinski definition) is 5. The van der Waals surface area contributed by atoms with E-state index in [0.717, 1.165) is 34.3 Å². The third-order valence-electron chi connectivity index (χ3n) is 4.87. The van der Waals surface area contributed by atoms with Crippen molar-refractivity contribution in [3.63, 3.8) is 0 Å². The summed E-state index contributed by atoms with van der Waals surface area (Å²) in [6.45, 7) is 2.71. The van der Waals surface area contributed by atoms with Crippen LogP contribution in [0.15, 0.2) is 95.0 Å². The van der Waals surface area contributed by atoms with Crippen LogP contribution in [0.25, 0.3) is 10.9 Å². The number of aliphatic imine (C=N–C) groups is 1. The molecule has 3 aromatic carbocycles. The molecule has 0 saturated heterocycles. The molecule has 6 heteroatoms. The van der Waals surface area contributed by atoms with E-state index in [1.54, 1.807) is 13.3 Å². The van der Waals surface area contributed by atoms with Crippen LogP contribution in [0.3, 0.4) is 0 Å². The SMILES string of the molecule is CCCOc1ccc(/C=N/NC(=Nc2ccccc2)c2ccc3ccccc3n2)cc1OC. The van der Waals surface area contributed by atoms with Gasteiger partial charge in [0.15, 0.2) is 17.3 Å². The van der Waals surface area contributed by atoms with Crippen LogP contribution in [0.5, 0.6) is 11.5 Å². The van der Waals surface area contributed by atoms with Gasteiger partial charge >= 0.3 is 0 Å². The largest absolute Gasteiger partial charge is 0.493 e. The first-order valence-corrected chi connectivity index (χ1v) is 10.9. The van der Waals surface area contributed by atoms with Crippen molar-refractivity contribution in [2.45, 2.75) is 13.3 Å². The molecule has 0 amide bonds. The van der Waals surface area contributed by atoms with E-state index >= 15 is 0 Å². The number of ether oxygens (including phenoxy) is 2. The first kappa shape index (κ1) is 22.0. The molecule has 0 fully saturated rings. The van der Waals surface area contributed by atoms with Crippen LogP contribution >= 0.6 is 0 Å². The van der Waals surface area contributed by atoms with E-state index in [-0.39, 0.29) is 0 Å². The van der Waals surface area contributed by atoms with E-state index in [1.807, 2.05) is 84.9 Å². The molecular weight excluding hydrogens is 412 g/mol. The molecule has 1 aromatic heterocycles. The van der Waals surface area contributed by atoms with Crippen LogP contribution in [0.2, 0.25) is 0 Å². The zero-order valence-electron chi connectivity index (χ0n) is 18.7. The number of para-hydroxylation sites is 2. The van der Waals surface area contributed by atoms with Crippen LogP contribution in [0.1, 0.15) is 24.6 Å². The second-order valence-corrected chi connectivity index (χ2v) is 7.31. The summed E-state index contributed by atoms with van der Waals surface area (Å²) in [4.78, 5) is 9.49. The minimum Gasteiger partial charge on any atom is -0.493 e. The lowest BCUT2D eigenvalue weighted by Crippen LogP contribution is -2.20. The van der Waals surface area contributed by atoms with Crippen molar-refractivity contribution in [2.24, 2.45) is 10.1 Å². The van der Waals surface area contributed by atoms with Gasteiger partial charge in [0.1, 0.15) is 5.69 Å². The quantitative estimate of drug-likeness (QED) is 0.217. The summed E-state index contributed by atoms with van der Waals surface area (Å²) in [6.07, 6.45) is 2.65. The molecule has 0 aliphatic carbocycles. The van der Waals surface area contributed by atoms with Crippen LogP contribution in [-0.4, -0.2) is 30.8 Å². The molecule has 6 nitrogen and oxygen atoms in total. The number of pyridine rings is 1. The van der Waals surface area contributed by atoms with Crippen molar-refractivity contribution in [1.29, 1.82) is 0 Å². The van der Waals surface area contributed by atoms with Gasteiger partial charge in [0.05, 0.1) is 31.1 Å². The maximum atomic E-state index is 5.72. The topological polar surface area (TPSA) is 68.1 Å². The summed E-state index contributed by atoms with van der Waals surface area (Å²) in [5.41, 5.74) is 6.35. The summed E-state index contributed by atoms with van der Waals surface area (Å²) in [7, 11) is 1.63. The highest BCUT2D eigenvalue weighted by Crippen LogP contribution is 2.27. The highest BCUT2D eigenvalue weighted by Gasteiger charge is 2.08. The van der Waals surface area contributed by atoms with Gasteiger partial charge in [-0.3, -0.25) is 5.43 Å². The number of hydrazone groups is 1. The summed E-state index contributed by atoms with van der Waals surface area (Å²) in [5.74, 6) is 1.94. The number of aromatic nitrogens is 1. The van der Waals surface area contributed by atoms with Gasteiger partial charge in [-0.1, -0.05) is 49.4 Å². The molecule has 0 radical (unpaired) electrons. The maximum absolute atomic E-state index is 5.72. The van der Waals surface area contributed by atoms with E-state index in [4.69, 9.17) is 19.5 Å². The van der Waals surface area contributed by atoms with Crippen molar-refractivity contribution >= 4 is 28.6 Å². The number of hydrogen-bond donors (Lipinski definition) is 1. The Hall–Kier alpha value is -4.19. The van der Waals surface area contributed by atoms with E-state index < -0.39 is 0 Å². The number of rotatable bonds is 8. The molecule has 0 bridgehead atoms. The predicted molar refractivity (Wildman–Crippen MR) is 134 cm³/mol. The third kappa shape index (κ3) is 5.74. The number of nitrogens with zero attached hydrogens (tertiary/aromatic N) is 3. The molecule has 166 valence electrons. The number of nitrogens with one attached hydrogen (secondary N) is 1.